The van der Waals surface area contributed by atoms with E-state index in [1.54, 1.807) is 19.2 Å². The lowest BCUT2D eigenvalue weighted by atomic mass is 10.2. The second kappa shape index (κ2) is 3.02. The van der Waals surface area contributed by atoms with E-state index in [1.165, 1.54) is 0 Å². The van der Waals surface area contributed by atoms with Gasteiger partial charge in [0.1, 0.15) is 0 Å². The Labute approximate surface area is 80.0 Å². The van der Waals surface area contributed by atoms with Crippen LogP contribution in [0.3, 0.4) is 0 Å². The number of hydrogen-bond acceptors (Lipinski definition) is 3. The first-order valence-corrected chi connectivity index (χ1v) is 4.13. The molecule has 0 bridgehead atoms. The molecule has 1 aromatic carbocycles. The van der Waals surface area contributed by atoms with E-state index < -0.39 is 6.09 Å². The van der Waals surface area contributed by atoms with Crippen molar-refractivity contribution in [2.24, 2.45) is 0 Å². The molecule has 0 saturated carbocycles. The van der Waals surface area contributed by atoms with E-state index >= 15 is 0 Å². The summed E-state index contributed by atoms with van der Waals surface area (Å²) >= 11 is 0. The highest BCUT2D eigenvalue weighted by atomic mass is 16.4. The fraction of sp³-hybridized carbons (Fsp3) is 0.111. The molecule has 72 valence electrons. The molecule has 1 heterocycles. The number of carbonyl (C=O) groups is 1. The van der Waals surface area contributed by atoms with Gasteiger partial charge in [-0.05, 0) is 12.1 Å². The van der Waals surface area contributed by atoms with Crippen molar-refractivity contribution in [3.8, 4) is 0 Å². The van der Waals surface area contributed by atoms with Gasteiger partial charge in [0.25, 0.3) is 0 Å². The van der Waals surface area contributed by atoms with Gasteiger partial charge in [-0.1, -0.05) is 12.1 Å². The average molecular weight is 191 g/mol. The molecule has 0 fully saturated rings. The molecule has 0 spiro atoms. The van der Waals surface area contributed by atoms with Crippen molar-refractivity contribution in [1.29, 1.82) is 0 Å². The summed E-state index contributed by atoms with van der Waals surface area (Å²) in [6, 6.07) is 7.17. The van der Waals surface area contributed by atoms with Crippen LogP contribution in [0.1, 0.15) is 0 Å². The van der Waals surface area contributed by atoms with E-state index in [0.29, 0.717) is 11.3 Å². The first kappa shape index (κ1) is 8.55. The first-order chi connectivity index (χ1) is 6.74. The van der Waals surface area contributed by atoms with Gasteiger partial charge in [0.2, 0.25) is 0 Å². The molecule has 2 N–H and O–H groups in total. The van der Waals surface area contributed by atoms with Gasteiger partial charge in [0.15, 0.2) is 5.82 Å². The predicted molar refractivity (Wildman–Crippen MR) is 52.7 cm³/mol. The fourth-order valence-electron chi connectivity index (χ4n) is 1.40. The van der Waals surface area contributed by atoms with Crippen LogP contribution < -0.4 is 5.32 Å². The maximum absolute atomic E-state index is 10.8. The van der Waals surface area contributed by atoms with Crippen molar-refractivity contribution in [2.75, 3.05) is 12.4 Å². The van der Waals surface area contributed by atoms with Crippen molar-refractivity contribution >= 4 is 22.8 Å². The maximum Gasteiger partial charge on any atom is 0.432 e. The zero-order chi connectivity index (χ0) is 10.1. The Morgan fingerprint density at radius 1 is 1.50 bits per heavy atom. The quantitative estimate of drug-likeness (QED) is 0.718. The lowest BCUT2D eigenvalue weighted by Gasteiger charge is -1.92. The minimum Gasteiger partial charge on any atom is -0.463 e. The molecule has 0 amide bonds. The van der Waals surface area contributed by atoms with Gasteiger partial charge < -0.3 is 10.4 Å². The Morgan fingerprint density at radius 2 is 2.21 bits per heavy atom. The van der Waals surface area contributed by atoms with Crippen LogP contribution in [0.4, 0.5) is 10.6 Å². The first-order valence-electron chi connectivity index (χ1n) is 4.13. The number of nitrogens with zero attached hydrogens (tertiary/aromatic N) is 2. The predicted octanol–water partition coefficient (Wildman–Crippen LogP) is 1.60. The minimum atomic E-state index is -1.08. The molecule has 0 unspecified atom stereocenters. The zero-order valence-corrected chi connectivity index (χ0v) is 7.56. The number of nitrogens with one attached hydrogen (secondary N) is 1. The summed E-state index contributed by atoms with van der Waals surface area (Å²) < 4.78 is 0.959. The number of benzene rings is 1. The molecule has 5 heteroatoms. The van der Waals surface area contributed by atoms with E-state index in [1.807, 2.05) is 12.1 Å². The third-order valence-electron chi connectivity index (χ3n) is 2.01. The number of para-hydroxylation sites is 1. The van der Waals surface area contributed by atoms with Gasteiger partial charge in [-0.25, -0.2) is 4.79 Å². The van der Waals surface area contributed by atoms with Crippen molar-refractivity contribution in [3.05, 3.63) is 24.3 Å². The fourth-order valence-corrected chi connectivity index (χ4v) is 1.40. The number of carboxylic acid groups (broad SMARTS) is 1. The van der Waals surface area contributed by atoms with Crippen LogP contribution in [0.25, 0.3) is 10.9 Å². The third kappa shape index (κ3) is 1.10. The lowest BCUT2D eigenvalue weighted by Crippen LogP contribution is -2.09. The summed E-state index contributed by atoms with van der Waals surface area (Å²) in [6.07, 6.45) is -1.08. The second-order valence-corrected chi connectivity index (χ2v) is 2.81. The number of anilines is 1. The van der Waals surface area contributed by atoms with Gasteiger partial charge in [0.05, 0.1) is 5.52 Å². The highest BCUT2D eigenvalue weighted by molar-refractivity contribution is 5.94. The molecule has 0 radical (unpaired) electrons. The highest BCUT2D eigenvalue weighted by Crippen LogP contribution is 2.21. The number of fused-ring (bicyclic) bond motifs is 1. The maximum atomic E-state index is 10.8. The molecule has 0 atom stereocenters. The Kier molecular flexibility index (Phi) is 1.85. The van der Waals surface area contributed by atoms with Crippen molar-refractivity contribution in [3.63, 3.8) is 0 Å². The Morgan fingerprint density at radius 3 is 2.86 bits per heavy atom. The molecular weight excluding hydrogens is 182 g/mol. The normalized spacial score (nSPS) is 10.4. The summed E-state index contributed by atoms with van der Waals surface area (Å²) in [7, 11) is 1.71. The van der Waals surface area contributed by atoms with Crippen LogP contribution in [0.5, 0.6) is 0 Å². The summed E-state index contributed by atoms with van der Waals surface area (Å²) in [4.78, 5) is 10.8. The van der Waals surface area contributed by atoms with E-state index in [9.17, 15) is 4.79 Å². The van der Waals surface area contributed by atoms with E-state index in [2.05, 4.69) is 10.4 Å². The van der Waals surface area contributed by atoms with Gasteiger partial charge in [-0.2, -0.15) is 4.68 Å². The van der Waals surface area contributed by atoms with Crippen LogP contribution in [-0.2, 0) is 0 Å². The van der Waals surface area contributed by atoms with Crippen LogP contribution >= 0.6 is 0 Å². The largest absolute Gasteiger partial charge is 0.463 e. The highest BCUT2D eigenvalue weighted by Gasteiger charge is 2.12. The Balaban J connectivity index is 2.80. The molecule has 0 aliphatic rings. The topological polar surface area (TPSA) is 67.2 Å². The second-order valence-electron chi connectivity index (χ2n) is 2.81. The van der Waals surface area contributed by atoms with Crippen molar-refractivity contribution in [2.45, 2.75) is 0 Å². The molecule has 2 rings (SSSR count). The standard InChI is InChI=1S/C9H9N3O2/c1-10-8-6-4-2-3-5-7(6)12(11-8)9(13)14/h2-5H,1H3,(H,10,11)(H,13,14). The van der Waals surface area contributed by atoms with Crippen LogP contribution in [0, 0.1) is 0 Å². The van der Waals surface area contributed by atoms with Gasteiger partial charge >= 0.3 is 6.09 Å². The zero-order valence-electron chi connectivity index (χ0n) is 7.56. The van der Waals surface area contributed by atoms with E-state index in [-0.39, 0.29) is 0 Å². The number of rotatable bonds is 1. The Hall–Kier alpha value is -2.04. The van der Waals surface area contributed by atoms with Crippen molar-refractivity contribution in [1.82, 2.24) is 9.78 Å². The molecule has 0 aliphatic heterocycles. The monoisotopic (exact) mass is 191 g/mol. The van der Waals surface area contributed by atoms with Gasteiger partial charge in [0, 0.05) is 12.4 Å². The molecule has 1 aromatic heterocycles. The molecule has 0 saturated heterocycles. The van der Waals surface area contributed by atoms with Gasteiger partial charge in [-0.3, -0.25) is 0 Å². The summed E-state index contributed by atoms with van der Waals surface area (Å²) in [5.41, 5.74) is 0.587. The van der Waals surface area contributed by atoms with Gasteiger partial charge in [-0.15, -0.1) is 5.10 Å². The molecule has 0 aliphatic carbocycles. The molecule has 14 heavy (non-hydrogen) atoms. The number of aromatic nitrogens is 2. The smallest absolute Gasteiger partial charge is 0.432 e. The third-order valence-corrected chi connectivity index (χ3v) is 2.01. The van der Waals surface area contributed by atoms with Crippen LogP contribution in [-0.4, -0.2) is 28.0 Å². The number of hydrogen-bond donors (Lipinski definition) is 2. The summed E-state index contributed by atoms with van der Waals surface area (Å²) in [6.45, 7) is 0. The van der Waals surface area contributed by atoms with Crippen molar-refractivity contribution < 1.29 is 9.90 Å². The average Bonchev–Trinajstić information content (AvgIpc) is 2.56. The van der Waals surface area contributed by atoms with E-state index in [4.69, 9.17) is 5.11 Å². The van der Waals surface area contributed by atoms with Crippen LogP contribution in [0.2, 0.25) is 0 Å². The Bertz CT molecular complexity index is 490. The van der Waals surface area contributed by atoms with Crippen LogP contribution in [0.15, 0.2) is 24.3 Å². The summed E-state index contributed by atoms with van der Waals surface area (Å²) in [5, 5.41) is 16.4. The lowest BCUT2D eigenvalue weighted by molar-refractivity contribution is 0.194. The molecular formula is C9H9N3O2. The molecule has 2 aromatic rings. The molecule has 5 nitrogen and oxygen atoms in total. The SMILES string of the molecule is CNc1nn(C(=O)O)c2ccccc12. The minimum absolute atomic E-state index is 0.572. The van der Waals surface area contributed by atoms with E-state index in [0.717, 1.165) is 10.1 Å². The summed E-state index contributed by atoms with van der Waals surface area (Å²) in [5.74, 6) is 0.572.